The van der Waals surface area contributed by atoms with Gasteiger partial charge in [-0.25, -0.2) is 0 Å². The van der Waals surface area contributed by atoms with E-state index in [9.17, 15) is 14.4 Å². The molecule has 1 aliphatic rings. The average Bonchev–Trinajstić information content (AvgIpc) is 2.91. The van der Waals surface area contributed by atoms with Gasteiger partial charge in [-0.3, -0.25) is 14.4 Å². The maximum absolute atomic E-state index is 13.5. The van der Waals surface area contributed by atoms with Crippen LogP contribution in [0.5, 0.6) is 0 Å². The van der Waals surface area contributed by atoms with Gasteiger partial charge < -0.3 is 26.2 Å². The fraction of sp³-hybridized carbons (Fsp3) is 0.321. The van der Waals surface area contributed by atoms with E-state index in [0.29, 0.717) is 42.1 Å². The molecule has 1 saturated heterocycles. The number of hydrogen-bond acceptors (Lipinski definition) is 5. The van der Waals surface area contributed by atoms with Crippen molar-refractivity contribution in [2.24, 2.45) is 0 Å². The lowest BCUT2D eigenvalue weighted by molar-refractivity contribution is -0.128. The molecule has 3 aromatic carbocycles. The number of carbonyl (C=O) groups excluding carboxylic acids is 3. The van der Waals surface area contributed by atoms with Crippen LogP contribution in [-0.2, 0) is 4.79 Å². The highest BCUT2D eigenvalue weighted by atomic mass is 35.5. The predicted octanol–water partition coefficient (Wildman–Crippen LogP) is 2.96. The zero-order chi connectivity index (χ0) is 26.4. The van der Waals surface area contributed by atoms with Crippen molar-refractivity contribution in [3.63, 3.8) is 0 Å². The van der Waals surface area contributed by atoms with Gasteiger partial charge in [0, 0.05) is 54.4 Å². The van der Waals surface area contributed by atoms with E-state index in [1.165, 1.54) is 0 Å². The second-order valence-corrected chi connectivity index (χ2v) is 9.81. The Morgan fingerprint density at radius 2 is 1.51 bits per heavy atom. The first kappa shape index (κ1) is 26.4. The van der Waals surface area contributed by atoms with Crippen molar-refractivity contribution in [1.82, 2.24) is 21.3 Å². The summed E-state index contributed by atoms with van der Waals surface area (Å²) in [5.74, 6) is -0.782. The Bertz CT molecular complexity index is 1290. The summed E-state index contributed by atoms with van der Waals surface area (Å²) in [5, 5.41) is 14.4. The van der Waals surface area contributed by atoms with Crippen molar-refractivity contribution >= 4 is 45.8 Å². The van der Waals surface area contributed by atoms with Gasteiger partial charge in [0.05, 0.1) is 0 Å². The van der Waals surface area contributed by atoms with Crippen LogP contribution in [0.1, 0.15) is 33.6 Å². The maximum atomic E-state index is 13.5. The lowest BCUT2D eigenvalue weighted by Gasteiger charge is -2.37. The Morgan fingerprint density at radius 3 is 2.19 bits per heavy atom. The van der Waals surface area contributed by atoms with Crippen LogP contribution in [0.3, 0.4) is 0 Å². The van der Waals surface area contributed by atoms with Gasteiger partial charge >= 0.3 is 0 Å². The Labute approximate surface area is 221 Å². The minimum atomic E-state index is -1.04. The first-order valence-corrected chi connectivity index (χ1v) is 12.7. The van der Waals surface area contributed by atoms with Gasteiger partial charge in [-0.05, 0) is 67.7 Å². The number of nitrogens with zero attached hydrogens (tertiary/aromatic N) is 1. The highest BCUT2D eigenvalue weighted by molar-refractivity contribution is 6.30. The molecule has 9 heteroatoms. The largest absolute Gasteiger partial charge is 0.377 e. The molecule has 0 atom stereocenters. The molecule has 0 aliphatic carbocycles. The molecule has 3 aromatic rings. The standard InChI is InChI=1S/C28H32ClN5O3/c1-34(2)24-12-11-23(21-5-3-4-6-22(21)24)26(36)33-28(13-15-30-16-14-28)27(37)32-18-17-31-25(35)19-7-9-20(29)10-8-19/h3-12,30H,13-18H2,1-2H3,(H,31,35)(H,32,37)(H,33,36). The number of nitrogens with one attached hydrogen (secondary N) is 4. The topological polar surface area (TPSA) is 103 Å². The van der Waals surface area contributed by atoms with Crippen molar-refractivity contribution in [2.75, 3.05) is 45.2 Å². The molecule has 194 valence electrons. The smallest absolute Gasteiger partial charge is 0.252 e. The molecule has 0 unspecified atom stereocenters. The minimum absolute atomic E-state index is 0.240. The third kappa shape index (κ3) is 6.03. The number of fused-ring (bicyclic) bond motifs is 1. The summed E-state index contributed by atoms with van der Waals surface area (Å²) in [6.07, 6.45) is 0.935. The molecule has 0 radical (unpaired) electrons. The van der Waals surface area contributed by atoms with E-state index in [1.807, 2.05) is 55.4 Å². The van der Waals surface area contributed by atoms with Crippen LogP contribution in [-0.4, -0.2) is 63.5 Å². The Morgan fingerprint density at radius 1 is 0.865 bits per heavy atom. The van der Waals surface area contributed by atoms with Crippen LogP contribution in [0.25, 0.3) is 10.8 Å². The Kier molecular flexibility index (Phi) is 8.31. The van der Waals surface area contributed by atoms with Crippen LogP contribution in [0, 0.1) is 0 Å². The van der Waals surface area contributed by atoms with Crippen molar-refractivity contribution in [3.05, 3.63) is 76.8 Å². The molecule has 0 spiro atoms. The van der Waals surface area contributed by atoms with E-state index in [2.05, 4.69) is 21.3 Å². The van der Waals surface area contributed by atoms with Gasteiger partial charge in [0.1, 0.15) is 5.54 Å². The van der Waals surface area contributed by atoms with Gasteiger partial charge in [-0.1, -0.05) is 35.9 Å². The van der Waals surface area contributed by atoms with E-state index < -0.39 is 5.54 Å². The third-order valence-electron chi connectivity index (χ3n) is 6.67. The van der Waals surface area contributed by atoms with Gasteiger partial charge in [-0.2, -0.15) is 0 Å². The molecule has 0 saturated carbocycles. The fourth-order valence-electron chi connectivity index (χ4n) is 4.64. The summed E-state index contributed by atoms with van der Waals surface area (Å²) in [4.78, 5) is 41.2. The van der Waals surface area contributed by atoms with E-state index in [4.69, 9.17) is 11.6 Å². The highest BCUT2D eigenvalue weighted by Crippen LogP contribution is 2.29. The molecule has 1 heterocycles. The molecule has 1 fully saturated rings. The molecule has 8 nitrogen and oxygen atoms in total. The predicted molar refractivity (Wildman–Crippen MR) is 147 cm³/mol. The van der Waals surface area contributed by atoms with Crippen LogP contribution >= 0.6 is 11.6 Å². The molecule has 3 amide bonds. The van der Waals surface area contributed by atoms with Crippen LogP contribution < -0.4 is 26.2 Å². The summed E-state index contributed by atoms with van der Waals surface area (Å²) >= 11 is 5.87. The number of anilines is 1. The van der Waals surface area contributed by atoms with Crippen molar-refractivity contribution in [3.8, 4) is 0 Å². The quantitative estimate of drug-likeness (QED) is 0.341. The zero-order valence-corrected chi connectivity index (χ0v) is 21.8. The number of rotatable bonds is 8. The van der Waals surface area contributed by atoms with Crippen molar-refractivity contribution < 1.29 is 14.4 Å². The molecular formula is C28H32ClN5O3. The lowest BCUT2D eigenvalue weighted by atomic mass is 9.86. The summed E-state index contributed by atoms with van der Waals surface area (Å²) < 4.78 is 0. The first-order valence-electron chi connectivity index (χ1n) is 12.4. The molecule has 0 bridgehead atoms. The van der Waals surface area contributed by atoms with Crippen LogP contribution in [0.2, 0.25) is 5.02 Å². The Hall–Kier alpha value is -3.62. The van der Waals surface area contributed by atoms with Crippen molar-refractivity contribution in [1.29, 1.82) is 0 Å². The van der Waals surface area contributed by atoms with Gasteiger partial charge in [0.15, 0.2) is 0 Å². The van der Waals surface area contributed by atoms with Gasteiger partial charge in [-0.15, -0.1) is 0 Å². The highest BCUT2D eigenvalue weighted by Gasteiger charge is 2.41. The summed E-state index contributed by atoms with van der Waals surface area (Å²) in [6, 6.07) is 18.1. The van der Waals surface area contributed by atoms with Crippen molar-refractivity contribution in [2.45, 2.75) is 18.4 Å². The number of hydrogen-bond donors (Lipinski definition) is 4. The summed E-state index contributed by atoms with van der Waals surface area (Å²) in [6.45, 7) is 1.72. The number of benzene rings is 3. The van der Waals surface area contributed by atoms with E-state index in [0.717, 1.165) is 16.5 Å². The minimum Gasteiger partial charge on any atom is -0.377 e. The normalized spacial score (nSPS) is 14.6. The summed E-state index contributed by atoms with van der Waals surface area (Å²) in [5.41, 5.74) is 0.999. The number of carbonyl (C=O) groups is 3. The third-order valence-corrected chi connectivity index (χ3v) is 6.93. The second kappa shape index (κ2) is 11.6. The molecule has 4 N–H and O–H groups in total. The van der Waals surface area contributed by atoms with Gasteiger partial charge in [0.25, 0.3) is 11.8 Å². The molecule has 0 aromatic heterocycles. The maximum Gasteiger partial charge on any atom is 0.252 e. The SMILES string of the molecule is CN(C)c1ccc(C(=O)NC2(C(=O)NCCNC(=O)c3ccc(Cl)cc3)CCNCC2)c2ccccc12. The first-order chi connectivity index (χ1) is 17.8. The van der Waals surface area contributed by atoms with Crippen LogP contribution in [0.4, 0.5) is 5.69 Å². The molecular weight excluding hydrogens is 490 g/mol. The zero-order valence-electron chi connectivity index (χ0n) is 21.1. The monoisotopic (exact) mass is 521 g/mol. The molecule has 4 rings (SSSR count). The summed E-state index contributed by atoms with van der Waals surface area (Å²) in [7, 11) is 3.93. The number of halogens is 1. The number of amides is 3. The average molecular weight is 522 g/mol. The Balaban J connectivity index is 1.44. The van der Waals surface area contributed by atoms with Gasteiger partial charge in [0.2, 0.25) is 5.91 Å². The molecule has 37 heavy (non-hydrogen) atoms. The lowest BCUT2D eigenvalue weighted by Crippen LogP contribution is -2.63. The fourth-order valence-corrected chi connectivity index (χ4v) is 4.77. The van der Waals surface area contributed by atoms with Crippen LogP contribution in [0.15, 0.2) is 60.7 Å². The van der Waals surface area contributed by atoms with E-state index in [1.54, 1.807) is 24.3 Å². The number of piperidine rings is 1. The molecule has 1 aliphatic heterocycles. The second-order valence-electron chi connectivity index (χ2n) is 9.38. The van der Waals surface area contributed by atoms with E-state index in [-0.39, 0.29) is 30.8 Å². The van der Waals surface area contributed by atoms with E-state index >= 15 is 0 Å².